The van der Waals surface area contributed by atoms with Crippen LogP contribution in [0, 0.1) is 0 Å². The fourth-order valence-electron chi connectivity index (χ4n) is 2.37. The number of nitrogens with zero attached hydrogens (tertiary/aromatic N) is 2. The maximum Gasteiger partial charge on any atom is 0.248 e. The molecule has 0 spiro atoms. The predicted octanol–water partition coefficient (Wildman–Crippen LogP) is 1.34. The van der Waals surface area contributed by atoms with Crippen LogP contribution in [-0.2, 0) is 9.53 Å². The molecule has 110 valence electrons. The number of hydrogen-bond donors (Lipinski definition) is 1. The summed E-state index contributed by atoms with van der Waals surface area (Å²) in [5, 5.41) is 0. The lowest BCUT2D eigenvalue weighted by atomic mass is 10.2. The Hall–Kier alpha value is -1.75. The van der Waals surface area contributed by atoms with Gasteiger partial charge >= 0.3 is 0 Å². The Morgan fingerprint density at radius 3 is 2.60 bits per heavy atom. The van der Waals surface area contributed by atoms with Crippen molar-refractivity contribution in [1.29, 1.82) is 0 Å². The van der Waals surface area contributed by atoms with Crippen molar-refractivity contribution >= 4 is 17.3 Å². The standard InChI is InChI=1S/C15H23N3O2/c1-2-11-20-12-15(19)18-9-7-17(8-10-18)14-6-4-3-5-13(14)16/h3-6H,2,7-12,16H2,1H3. The Labute approximate surface area is 120 Å². The molecule has 1 aliphatic rings. The van der Waals surface area contributed by atoms with Crippen molar-refractivity contribution < 1.29 is 9.53 Å². The molecule has 1 aliphatic heterocycles. The van der Waals surface area contributed by atoms with Gasteiger partial charge in [-0.2, -0.15) is 0 Å². The number of rotatable bonds is 5. The SMILES string of the molecule is CCCOCC(=O)N1CCN(c2ccccc2N)CC1. The van der Waals surface area contributed by atoms with E-state index in [4.69, 9.17) is 10.5 Å². The lowest BCUT2D eigenvalue weighted by Crippen LogP contribution is -2.50. The van der Waals surface area contributed by atoms with Crippen molar-refractivity contribution in [1.82, 2.24) is 4.90 Å². The summed E-state index contributed by atoms with van der Waals surface area (Å²) in [5.41, 5.74) is 7.83. The number of nitrogen functional groups attached to an aromatic ring is 1. The van der Waals surface area contributed by atoms with E-state index in [1.165, 1.54) is 0 Å². The van der Waals surface area contributed by atoms with Crippen LogP contribution in [0.15, 0.2) is 24.3 Å². The highest BCUT2D eigenvalue weighted by Gasteiger charge is 2.21. The van der Waals surface area contributed by atoms with Gasteiger partial charge in [-0.25, -0.2) is 0 Å². The Balaban J connectivity index is 1.83. The fraction of sp³-hybridized carbons (Fsp3) is 0.533. The Kier molecular flexibility index (Phi) is 5.24. The van der Waals surface area contributed by atoms with Gasteiger partial charge in [0.15, 0.2) is 0 Å². The van der Waals surface area contributed by atoms with Crippen molar-refractivity contribution in [3.8, 4) is 0 Å². The molecule has 1 fully saturated rings. The molecule has 5 nitrogen and oxygen atoms in total. The predicted molar refractivity (Wildman–Crippen MR) is 80.8 cm³/mol. The number of piperazine rings is 1. The van der Waals surface area contributed by atoms with Crippen LogP contribution in [0.5, 0.6) is 0 Å². The van der Waals surface area contributed by atoms with E-state index in [1.54, 1.807) is 0 Å². The van der Waals surface area contributed by atoms with Crippen molar-refractivity contribution in [2.24, 2.45) is 0 Å². The van der Waals surface area contributed by atoms with E-state index in [0.717, 1.165) is 44.0 Å². The van der Waals surface area contributed by atoms with Crippen LogP contribution in [-0.4, -0.2) is 50.2 Å². The Morgan fingerprint density at radius 1 is 1.25 bits per heavy atom. The number of anilines is 2. The molecule has 20 heavy (non-hydrogen) atoms. The molecule has 1 aromatic rings. The van der Waals surface area contributed by atoms with Crippen LogP contribution in [0.25, 0.3) is 0 Å². The summed E-state index contributed by atoms with van der Waals surface area (Å²) in [6.07, 6.45) is 0.939. The number of hydrogen-bond acceptors (Lipinski definition) is 4. The van der Waals surface area contributed by atoms with Crippen LogP contribution in [0.4, 0.5) is 11.4 Å². The van der Waals surface area contributed by atoms with E-state index in [2.05, 4.69) is 4.90 Å². The number of carbonyl (C=O) groups is 1. The van der Waals surface area contributed by atoms with E-state index in [9.17, 15) is 4.79 Å². The van der Waals surface area contributed by atoms with Gasteiger partial charge in [0.05, 0.1) is 11.4 Å². The van der Waals surface area contributed by atoms with Crippen molar-refractivity contribution in [3.05, 3.63) is 24.3 Å². The highest BCUT2D eigenvalue weighted by Crippen LogP contribution is 2.23. The molecule has 5 heteroatoms. The summed E-state index contributed by atoms with van der Waals surface area (Å²) in [6.45, 7) is 5.95. The summed E-state index contributed by atoms with van der Waals surface area (Å²) >= 11 is 0. The van der Waals surface area contributed by atoms with Gasteiger partial charge < -0.3 is 20.3 Å². The van der Waals surface area contributed by atoms with E-state index in [-0.39, 0.29) is 12.5 Å². The zero-order valence-corrected chi connectivity index (χ0v) is 12.0. The first-order chi connectivity index (χ1) is 9.72. The smallest absolute Gasteiger partial charge is 0.248 e. The minimum atomic E-state index is 0.0825. The maximum atomic E-state index is 11.9. The van der Waals surface area contributed by atoms with E-state index in [0.29, 0.717) is 6.61 Å². The van der Waals surface area contributed by atoms with Gasteiger partial charge in [-0.15, -0.1) is 0 Å². The lowest BCUT2D eigenvalue weighted by molar-refractivity contribution is -0.136. The van der Waals surface area contributed by atoms with Gasteiger partial charge in [0.1, 0.15) is 6.61 Å². The molecule has 0 saturated carbocycles. The lowest BCUT2D eigenvalue weighted by Gasteiger charge is -2.36. The Bertz CT molecular complexity index is 442. The van der Waals surface area contributed by atoms with Crippen molar-refractivity contribution in [3.63, 3.8) is 0 Å². The van der Waals surface area contributed by atoms with Crippen LogP contribution < -0.4 is 10.6 Å². The second-order valence-corrected chi connectivity index (χ2v) is 4.98. The summed E-state index contributed by atoms with van der Waals surface area (Å²) in [4.78, 5) is 16.0. The molecule has 1 aromatic carbocycles. The van der Waals surface area contributed by atoms with Crippen molar-refractivity contribution in [2.75, 3.05) is 50.0 Å². The minimum absolute atomic E-state index is 0.0825. The average molecular weight is 277 g/mol. The first-order valence-corrected chi connectivity index (χ1v) is 7.17. The number of ether oxygens (including phenoxy) is 1. The molecule has 0 radical (unpaired) electrons. The molecule has 0 atom stereocenters. The molecule has 0 aromatic heterocycles. The molecule has 1 saturated heterocycles. The molecule has 2 rings (SSSR count). The zero-order valence-electron chi connectivity index (χ0n) is 12.0. The highest BCUT2D eigenvalue weighted by molar-refractivity contribution is 5.78. The van der Waals surface area contributed by atoms with Gasteiger partial charge in [-0.3, -0.25) is 4.79 Å². The van der Waals surface area contributed by atoms with E-state index in [1.807, 2.05) is 36.1 Å². The van der Waals surface area contributed by atoms with Crippen molar-refractivity contribution in [2.45, 2.75) is 13.3 Å². The van der Waals surface area contributed by atoms with Gasteiger partial charge in [0.2, 0.25) is 5.91 Å². The number of carbonyl (C=O) groups excluding carboxylic acids is 1. The summed E-state index contributed by atoms with van der Waals surface area (Å²) in [7, 11) is 0. The topological polar surface area (TPSA) is 58.8 Å². The molecule has 0 aliphatic carbocycles. The van der Waals surface area contributed by atoms with Crippen LogP contribution in [0.2, 0.25) is 0 Å². The third-order valence-electron chi connectivity index (χ3n) is 3.48. The normalized spacial score (nSPS) is 15.4. The molecule has 0 bridgehead atoms. The largest absolute Gasteiger partial charge is 0.397 e. The van der Waals surface area contributed by atoms with Gasteiger partial charge in [-0.1, -0.05) is 19.1 Å². The fourth-order valence-corrected chi connectivity index (χ4v) is 2.37. The van der Waals surface area contributed by atoms with Gasteiger partial charge in [-0.05, 0) is 18.6 Å². The molecule has 1 amide bonds. The minimum Gasteiger partial charge on any atom is -0.397 e. The molecule has 0 unspecified atom stereocenters. The van der Waals surface area contributed by atoms with E-state index >= 15 is 0 Å². The van der Waals surface area contributed by atoms with Gasteiger partial charge in [0, 0.05) is 32.8 Å². The monoisotopic (exact) mass is 277 g/mol. The summed E-state index contributed by atoms with van der Waals surface area (Å²) < 4.78 is 5.30. The first kappa shape index (κ1) is 14.7. The van der Waals surface area contributed by atoms with E-state index < -0.39 is 0 Å². The number of amides is 1. The number of benzene rings is 1. The summed E-state index contributed by atoms with van der Waals surface area (Å²) in [5.74, 6) is 0.0825. The third-order valence-corrected chi connectivity index (χ3v) is 3.48. The molecular weight excluding hydrogens is 254 g/mol. The quantitative estimate of drug-likeness (QED) is 0.652. The highest BCUT2D eigenvalue weighted by atomic mass is 16.5. The van der Waals surface area contributed by atoms with Crippen LogP contribution >= 0.6 is 0 Å². The third kappa shape index (κ3) is 3.63. The molecular formula is C15H23N3O2. The second kappa shape index (κ2) is 7.14. The first-order valence-electron chi connectivity index (χ1n) is 7.17. The van der Waals surface area contributed by atoms with Crippen LogP contribution in [0.3, 0.4) is 0 Å². The number of para-hydroxylation sites is 2. The molecule has 1 heterocycles. The second-order valence-electron chi connectivity index (χ2n) is 4.98. The van der Waals surface area contributed by atoms with Gasteiger partial charge in [0.25, 0.3) is 0 Å². The van der Waals surface area contributed by atoms with Crippen LogP contribution in [0.1, 0.15) is 13.3 Å². The average Bonchev–Trinajstić information content (AvgIpc) is 2.48. The number of nitrogens with two attached hydrogens (primary N) is 1. The molecule has 2 N–H and O–H groups in total. The zero-order chi connectivity index (χ0) is 14.4. The summed E-state index contributed by atoms with van der Waals surface area (Å²) in [6, 6.07) is 7.86. The maximum absolute atomic E-state index is 11.9. The Morgan fingerprint density at radius 2 is 1.95 bits per heavy atom.